The van der Waals surface area contributed by atoms with Gasteiger partial charge in [0.1, 0.15) is 0 Å². The second-order valence-corrected chi connectivity index (χ2v) is 5.51. The topological polar surface area (TPSA) is 34.1 Å². The second kappa shape index (κ2) is 5.27. The lowest BCUT2D eigenvalue weighted by Crippen LogP contribution is -2.45. The molecule has 100 valence electrons. The molecule has 3 heteroatoms. The molecule has 1 atom stereocenters. The summed E-state index contributed by atoms with van der Waals surface area (Å²) in [7, 11) is 0. The van der Waals surface area contributed by atoms with Crippen molar-refractivity contribution < 1.29 is 4.74 Å². The van der Waals surface area contributed by atoms with E-state index < -0.39 is 0 Å². The zero-order chi connectivity index (χ0) is 13.1. The minimum Gasteiger partial charge on any atom is -0.369 e. The van der Waals surface area contributed by atoms with E-state index in [-0.39, 0.29) is 5.60 Å². The van der Waals surface area contributed by atoms with E-state index in [9.17, 15) is 0 Å². The van der Waals surface area contributed by atoms with Gasteiger partial charge in [0, 0.05) is 23.7 Å². The van der Waals surface area contributed by atoms with Crippen molar-refractivity contribution in [3.63, 3.8) is 0 Å². The van der Waals surface area contributed by atoms with E-state index in [1.54, 1.807) is 0 Å². The van der Waals surface area contributed by atoms with Crippen LogP contribution < -0.4 is 5.32 Å². The van der Waals surface area contributed by atoms with Gasteiger partial charge in [-0.2, -0.15) is 0 Å². The van der Waals surface area contributed by atoms with Gasteiger partial charge in [-0.1, -0.05) is 24.3 Å². The number of nitrogens with zero attached hydrogens (tertiary/aromatic N) is 1. The minimum absolute atomic E-state index is 0.0464. The SMILES string of the molecule is CC1(OCc2cccc3cccnc23)CCCNC1. The first-order valence-electron chi connectivity index (χ1n) is 6.94. The molecule has 1 saturated heterocycles. The van der Waals surface area contributed by atoms with Crippen molar-refractivity contribution in [3.05, 3.63) is 42.1 Å². The van der Waals surface area contributed by atoms with Crippen molar-refractivity contribution in [2.24, 2.45) is 0 Å². The average Bonchev–Trinajstić information content (AvgIpc) is 2.46. The maximum absolute atomic E-state index is 6.16. The number of nitrogens with one attached hydrogen (secondary N) is 1. The summed E-state index contributed by atoms with van der Waals surface area (Å²) in [5, 5.41) is 4.58. The van der Waals surface area contributed by atoms with Crippen molar-refractivity contribution >= 4 is 10.9 Å². The van der Waals surface area contributed by atoms with Crippen molar-refractivity contribution in [3.8, 4) is 0 Å². The molecule has 0 spiro atoms. The van der Waals surface area contributed by atoms with Gasteiger partial charge in [0.25, 0.3) is 0 Å². The van der Waals surface area contributed by atoms with E-state index in [4.69, 9.17) is 4.74 Å². The molecule has 2 heterocycles. The Morgan fingerprint density at radius 2 is 2.21 bits per heavy atom. The second-order valence-electron chi connectivity index (χ2n) is 5.51. The number of hydrogen-bond acceptors (Lipinski definition) is 3. The van der Waals surface area contributed by atoms with E-state index in [0.29, 0.717) is 6.61 Å². The molecule has 0 amide bonds. The first-order valence-corrected chi connectivity index (χ1v) is 6.94. The zero-order valence-electron chi connectivity index (χ0n) is 11.4. The third-order valence-electron chi connectivity index (χ3n) is 3.85. The maximum atomic E-state index is 6.16. The molecule has 1 fully saturated rings. The molecule has 1 aromatic carbocycles. The van der Waals surface area contributed by atoms with Crippen molar-refractivity contribution in [2.75, 3.05) is 13.1 Å². The largest absolute Gasteiger partial charge is 0.369 e. The van der Waals surface area contributed by atoms with Crippen LogP contribution in [0, 0.1) is 0 Å². The van der Waals surface area contributed by atoms with E-state index in [0.717, 1.165) is 25.0 Å². The first kappa shape index (κ1) is 12.6. The van der Waals surface area contributed by atoms with Gasteiger partial charge < -0.3 is 10.1 Å². The van der Waals surface area contributed by atoms with Gasteiger partial charge >= 0.3 is 0 Å². The van der Waals surface area contributed by atoms with Crippen LogP contribution in [0.25, 0.3) is 10.9 Å². The monoisotopic (exact) mass is 256 g/mol. The molecule has 0 radical (unpaired) electrons. The predicted molar refractivity (Wildman–Crippen MR) is 77.0 cm³/mol. The molecule has 1 aromatic heterocycles. The summed E-state index contributed by atoms with van der Waals surface area (Å²) in [5.74, 6) is 0. The number of piperidine rings is 1. The van der Waals surface area contributed by atoms with E-state index in [2.05, 4.69) is 41.5 Å². The number of hydrogen-bond donors (Lipinski definition) is 1. The maximum Gasteiger partial charge on any atom is 0.0783 e. The molecular weight excluding hydrogens is 236 g/mol. The fraction of sp³-hybridized carbons (Fsp3) is 0.438. The van der Waals surface area contributed by atoms with Crippen LogP contribution >= 0.6 is 0 Å². The lowest BCUT2D eigenvalue weighted by Gasteiger charge is -2.34. The van der Waals surface area contributed by atoms with E-state index in [1.807, 2.05) is 12.3 Å². The molecule has 1 aliphatic heterocycles. The Kier molecular flexibility index (Phi) is 3.49. The van der Waals surface area contributed by atoms with Crippen molar-refractivity contribution in [1.29, 1.82) is 0 Å². The van der Waals surface area contributed by atoms with Crippen LogP contribution in [-0.2, 0) is 11.3 Å². The highest BCUT2D eigenvalue weighted by molar-refractivity contribution is 5.81. The summed E-state index contributed by atoms with van der Waals surface area (Å²) in [6, 6.07) is 10.3. The third kappa shape index (κ3) is 2.77. The normalized spacial score (nSPS) is 23.6. The van der Waals surface area contributed by atoms with Crippen LogP contribution in [0.1, 0.15) is 25.3 Å². The van der Waals surface area contributed by atoms with Crippen molar-refractivity contribution in [1.82, 2.24) is 10.3 Å². The Balaban J connectivity index is 1.78. The third-order valence-corrected chi connectivity index (χ3v) is 3.85. The van der Waals surface area contributed by atoms with Crippen molar-refractivity contribution in [2.45, 2.75) is 32.0 Å². The Bertz CT molecular complexity index is 556. The summed E-state index contributed by atoms with van der Waals surface area (Å²) < 4.78 is 6.16. The molecule has 3 rings (SSSR count). The van der Waals surface area contributed by atoms with Gasteiger partial charge in [0.05, 0.1) is 17.7 Å². The van der Waals surface area contributed by atoms with Crippen LogP contribution in [-0.4, -0.2) is 23.7 Å². The zero-order valence-corrected chi connectivity index (χ0v) is 11.4. The molecular formula is C16H20N2O. The molecule has 1 aliphatic rings. The Morgan fingerprint density at radius 1 is 1.32 bits per heavy atom. The number of aromatic nitrogens is 1. The fourth-order valence-corrected chi connectivity index (χ4v) is 2.69. The minimum atomic E-state index is -0.0464. The highest BCUT2D eigenvalue weighted by Gasteiger charge is 2.27. The molecule has 0 saturated carbocycles. The molecule has 1 N–H and O–H groups in total. The van der Waals surface area contributed by atoms with Crippen LogP contribution in [0.5, 0.6) is 0 Å². The lowest BCUT2D eigenvalue weighted by molar-refractivity contribution is -0.0567. The quantitative estimate of drug-likeness (QED) is 0.917. The van der Waals surface area contributed by atoms with Crippen LogP contribution in [0.3, 0.4) is 0 Å². The molecule has 1 unspecified atom stereocenters. The van der Waals surface area contributed by atoms with Crippen LogP contribution in [0.2, 0.25) is 0 Å². The van der Waals surface area contributed by atoms with E-state index >= 15 is 0 Å². The van der Waals surface area contributed by atoms with Gasteiger partial charge in [0.15, 0.2) is 0 Å². The summed E-state index contributed by atoms with van der Waals surface area (Å²) >= 11 is 0. The van der Waals surface area contributed by atoms with Crippen LogP contribution in [0.15, 0.2) is 36.5 Å². The molecule has 2 aromatic rings. The first-order chi connectivity index (χ1) is 9.27. The smallest absolute Gasteiger partial charge is 0.0783 e. The summed E-state index contributed by atoms with van der Waals surface area (Å²) in [4.78, 5) is 4.47. The molecule has 19 heavy (non-hydrogen) atoms. The standard InChI is InChI=1S/C16H20N2O/c1-16(8-4-9-17-12-16)19-11-14-6-2-5-13-7-3-10-18-15(13)14/h2-3,5-7,10,17H,4,8-9,11-12H2,1H3. The summed E-state index contributed by atoms with van der Waals surface area (Å²) in [5.41, 5.74) is 2.18. The van der Waals surface area contributed by atoms with Gasteiger partial charge in [0.2, 0.25) is 0 Å². The Morgan fingerprint density at radius 3 is 3.05 bits per heavy atom. The summed E-state index contributed by atoms with van der Waals surface area (Å²) in [6.45, 7) is 4.87. The van der Waals surface area contributed by atoms with Gasteiger partial charge in [-0.15, -0.1) is 0 Å². The number of benzene rings is 1. The fourth-order valence-electron chi connectivity index (χ4n) is 2.69. The molecule has 0 aliphatic carbocycles. The van der Waals surface area contributed by atoms with E-state index in [1.165, 1.54) is 17.4 Å². The predicted octanol–water partition coefficient (Wildman–Crippen LogP) is 2.89. The lowest BCUT2D eigenvalue weighted by atomic mass is 9.96. The molecule has 3 nitrogen and oxygen atoms in total. The molecule has 0 bridgehead atoms. The number of rotatable bonds is 3. The van der Waals surface area contributed by atoms with Crippen LogP contribution in [0.4, 0.5) is 0 Å². The van der Waals surface area contributed by atoms with Gasteiger partial charge in [-0.3, -0.25) is 4.98 Å². The number of para-hydroxylation sites is 1. The Hall–Kier alpha value is -1.45. The number of pyridine rings is 1. The number of ether oxygens (including phenoxy) is 1. The highest BCUT2D eigenvalue weighted by Crippen LogP contribution is 2.24. The Labute approximate surface area is 114 Å². The number of fused-ring (bicyclic) bond motifs is 1. The highest BCUT2D eigenvalue weighted by atomic mass is 16.5. The van der Waals surface area contributed by atoms with Gasteiger partial charge in [-0.05, 0) is 32.4 Å². The average molecular weight is 256 g/mol. The summed E-state index contributed by atoms with van der Waals surface area (Å²) in [6.07, 6.45) is 4.15. The van der Waals surface area contributed by atoms with Gasteiger partial charge in [-0.25, -0.2) is 0 Å².